The number of aromatic nitrogens is 1. The highest BCUT2D eigenvalue weighted by molar-refractivity contribution is 5.98. The summed E-state index contributed by atoms with van der Waals surface area (Å²) < 4.78 is 4.72. The topological polar surface area (TPSA) is 82.3 Å². The molecule has 2 rings (SSSR count). The van der Waals surface area contributed by atoms with Crippen molar-refractivity contribution < 1.29 is 14.3 Å². The van der Waals surface area contributed by atoms with Gasteiger partial charge in [-0.25, -0.2) is 4.79 Å². The van der Waals surface area contributed by atoms with Crippen molar-refractivity contribution in [1.29, 1.82) is 0 Å². The minimum Gasteiger partial charge on any atom is -0.465 e. The summed E-state index contributed by atoms with van der Waals surface area (Å²) in [5, 5.41) is 0. The highest BCUT2D eigenvalue weighted by Gasteiger charge is 2.14. The monoisotopic (exact) mass is 256 g/mol. The smallest absolute Gasteiger partial charge is 0.338 e. The first kappa shape index (κ1) is 12.8. The number of primary amides is 1. The molecule has 0 saturated heterocycles. The molecule has 1 amide bonds. The van der Waals surface area contributed by atoms with E-state index in [4.69, 9.17) is 10.5 Å². The minimum atomic E-state index is -0.542. The van der Waals surface area contributed by atoms with E-state index in [-0.39, 0.29) is 0 Å². The van der Waals surface area contributed by atoms with Crippen LogP contribution >= 0.6 is 0 Å². The Bertz CT molecular complexity index is 638. The minimum absolute atomic E-state index is 0.338. The van der Waals surface area contributed by atoms with Gasteiger partial charge in [0.05, 0.1) is 18.4 Å². The van der Waals surface area contributed by atoms with Gasteiger partial charge in [-0.2, -0.15) is 0 Å². The maximum Gasteiger partial charge on any atom is 0.338 e. The van der Waals surface area contributed by atoms with E-state index in [1.165, 1.54) is 19.4 Å². The van der Waals surface area contributed by atoms with Crippen LogP contribution in [-0.4, -0.2) is 24.0 Å². The van der Waals surface area contributed by atoms with E-state index in [0.29, 0.717) is 22.4 Å². The van der Waals surface area contributed by atoms with Crippen molar-refractivity contribution in [3.8, 4) is 11.3 Å². The van der Waals surface area contributed by atoms with Crippen LogP contribution in [0.25, 0.3) is 11.3 Å². The summed E-state index contributed by atoms with van der Waals surface area (Å²) in [6.45, 7) is 0. The van der Waals surface area contributed by atoms with E-state index in [0.717, 1.165) is 0 Å². The van der Waals surface area contributed by atoms with Gasteiger partial charge in [0, 0.05) is 17.3 Å². The molecular formula is C14H12N2O3. The van der Waals surface area contributed by atoms with Crippen LogP contribution < -0.4 is 5.73 Å². The van der Waals surface area contributed by atoms with Crippen LogP contribution in [0.3, 0.4) is 0 Å². The van der Waals surface area contributed by atoms with Crippen LogP contribution in [0.1, 0.15) is 20.7 Å². The zero-order valence-electron chi connectivity index (χ0n) is 10.3. The maximum atomic E-state index is 11.7. The molecule has 0 saturated carbocycles. The third kappa shape index (κ3) is 2.60. The molecule has 1 aromatic carbocycles. The molecule has 0 spiro atoms. The second-order valence-corrected chi connectivity index (χ2v) is 3.83. The van der Waals surface area contributed by atoms with Gasteiger partial charge in [0.2, 0.25) is 5.91 Å². The van der Waals surface area contributed by atoms with E-state index < -0.39 is 11.9 Å². The fraction of sp³-hybridized carbons (Fsp3) is 0.0714. The molecule has 0 radical (unpaired) electrons. The summed E-state index contributed by atoms with van der Waals surface area (Å²) in [7, 11) is 1.31. The average molecular weight is 256 g/mol. The summed E-state index contributed by atoms with van der Waals surface area (Å²) in [6.07, 6.45) is 1.48. The van der Waals surface area contributed by atoms with Crippen LogP contribution in [0.4, 0.5) is 0 Å². The Hall–Kier alpha value is -2.69. The zero-order chi connectivity index (χ0) is 13.8. The van der Waals surface area contributed by atoms with E-state index >= 15 is 0 Å². The molecule has 0 aliphatic rings. The number of carbonyl (C=O) groups excluding carboxylic acids is 2. The summed E-state index contributed by atoms with van der Waals surface area (Å²) in [6, 6.07) is 9.95. The molecule has 2 N–H and O–H groups in total. The SMILES string of the molecule is COC(=O)c1ccccc1-c1cc(C(N)=O)ccn1. The van der Waals surface area contributed by atoms with Gasteiger partial charge in [-0.15, -0.1) is 0 Å². The molecule has 0 fully saturated rings. The maximum absolute atomic E-state index is 11.7. The van der Waals surface area contributed by atoms with Crippen LogP contribution in [0.5, 0.6) is 0 Å². The standard InChI is InChI=1S/C14H12N2O3/c1-19-14(18)11-5-3-2-4-10(11)12-8-9(13(15)17)6-7-16-12/h2-8H,1H3,(H2,15,17). The quantitative estimate of drug-likeness (QED) is 0.846. The molecule has 1 heterocycles. The Balaban J connectivity index is 2.56. The molecule has 0 aliphatic carbocycles. The molecule has 5 heteroatoms. The first-order chi connectivity index (χ1) is 9.13. The Morgan fingerprint density at radius 3 is 2.63 bits per heavy atom. The zero-order valence-corrected chi connectivity index (χ0v) is 10.3. The Kier molecular flexibility index (Phi) is 3.56. The van der Waals surface area contributed by atoms with Crippen molar-refractivity contribution >= 4 is 11.9 Å². The number of esters is 1. The third-order valence-corrected chi connectivity index (χ3v) is 2.65. The fourth-order valence-electron chi connectivity index (χ4n) is 1.73. The van der Waals surface area contributed by atoms with Crippen LogP contribution in [0.2, 0.25) is 0 Å². The van der Waals surface area contributed by atoms with E-state index in [2.05, 4.69) is 4.98 Å². The van der Waals surface area contributed by atoms with Gasteiger partial charge in [0.1, 0.15) is 0 Å². The summed E-state index contributed by atoms with van der Waals surface area (Å²) in [4.78, 5) is 27.0. The lowest BCUT2D eigenvalue weighted by Gasteiger charge is -2.07. The average Bonchev–Trinajstić information content (AvgIpc) is 2.46. The highest BCUT2D eigenvalue weighted by atomic mass is 16.5. The van der Waals surface area contributed by atoms with Crippen molar-refractivity contribution in [2.45, 2.75) is 0 Å². The van der Waals surface area contributed by atoms with Crippen molar-refractivity contribution in [2.75, 3.05) is 7.11 Å². The second kappa shape index (κ2) is 5.30. The molecular weight excluding hydrogens is 244 g/mol. The fourth-order valence-corrected chi connectivity index (χ4v) is 1.73. The lowest BCUT2D eigenvalue weighted by molar-refractivity contribution is 0.0601. The Labute approximate surface area is 110 Å². The van der Waals surface area contributed by atoms with Crippen molar-refractivity contribution in [2.24, 2.45) is 5.73 Å². The number of nitrogens with zero attached hydrogens (tertiary/aromatic N) is 1. The number of pyridine rings is 1. The molecule has 0 atom stereocenters. The molecule has 0 aliphatic heterocycles. The van der Waals surface area contributed by atoms with Gasteiger partial charge in [-0.3, -0.25) is 9.78 Å². The molecule has 2 aromatic rings. The summed E-state index contributed by atoms with van der Waals surface area (Å²) >= 11 is 0. The van der Waals surface area contributed by atoms with E-state index in [1.807, 2.05) is 0 Å². The van der Waals surface area contributed by atoms with Gasteiger partial charge in [0.25, 0.3) is 0 Å². The highest BCUT2D eigenvalue weighted by Crippen LogP contribution is 2.23. The second-order valence-electron chi connectivity index (χ2n) is 3.83. The summed E-state index contributed by atoms with van der Waals surface area (Å²) in [5.41, 5.74) is 7.04. The molecule has 1 aromatic heterocycles. The Morgan fingerprint density at radius 2 is 1.95 bits per heavy atom. The van der Waals surface area contributed by atoms with E-state index in [1.54, 1.807) is 30.3 Å². The van der Waals surface area contributed by atoms with Crippen molar-refractivity contribution in [3.05, 3.63) is 53.7 Å². The largest absolute Gasteiger partial charge is 0.465 e. The number of benzene rings is 1. The third-order valence-electron chi connectivity index (χ3n) is 2.65. The van der Waals surface area contributed by atoms with Gasteiger partial charge in [-0.05, 0) is 18.2 Å². The van der Waals surface area contributed by atoms with Crippen LogP contribution in [0, 0.1) is 0 Å². The molecule has 96 valence electrons. The number of carbonyl (C=O) groups is 2. The first-order valence-electron chi connectivity index (χ1n) is 5.57. The number of hydrogen-bond donors (Lipinski definition) is 1. The number of amides is 1. The number of hydrogen-bond acceptors (Lipinski definition) is 4. The van der Waals surface area contributed by atoms with Crippen LogP contribution in [-0.2, 0) is 4.74 Å². The van der Waals surface area contributed by atoms with Crippen molar-refractivity contribution in [3.63, 3.8) is 0 Å². The number of rotatable bonds is 3. The van der Waals surface area contributed by atoms with Crippen LogP contribution in [0.15, 0.2) is 42.6 Å². The summed E-state index contributed by atoms with van der Waals surface area (Å²) in [5.74, 6) is -0.999. The molecule has 5 nitrogen and oxygen atoms in total. The normalized spacial score (nSPS) is 9.95. The van der Waals surface area contributed by atoms with Gasteiger partial charge in [-0.1, -0.05) is 18.2 Å². The van der Waals surface area contributed by atoms with Gasteiger partial charge >= 0.3 is 5.97 Å². The van der Waals surface area contributed by atoms with Gasteiger partial charge < -0.3 is 10.5 Å². The Morgan fingerprint density at radius 1 is 1.21 bits per heavy atom. The lowest BCUT2D eigenvalue weighted by Crippen LogP contribution is -2.11. The van der Waals surface area contributed by atoms with Gasteiger partial charge in [0.15, 0.2) is 0 Å². The molecule has 0 bridgehead atoms. The predicted octanol–water partition coefficient (Wildman–Crippen LogP) is 1.63. The lowest BCUT2D eigenvalue weighted by atomic mass is 10.0. The van der Waals surface area contributed by atoms with Crippen molar-refractivity contribution in [1.82, 2.24) is 4.98 Å². The first-order valence-corrected chi connectivity index (χ1v) is 5.57. The van der Waals surface area contributed by atoms with E-state index in [9.17, 15) is 9.59 Å². The predicted molar refractivity (Wildman–Crippen MR) is 69.5 cm³/mol. The number of nitrogens with two attached hydrogens (primary N) is 1. The number of ether oxygens (including phenoxy) is 1. The number of methoxy groups -OCH3 is 1. The molecule has 0 unspecified atom stereocenters. The molecule has 19 heavy (non-hydrogen) atoms.